The van der Waals surface area contributed by atoms with Gasteiger partial charge in [0.1, 0.15) is 0 Å². The highest BCUT2D eigenvalue weighted by Gasteiger charge is 2.24. The first kappa shape index (κ1) is 15.4. The zero-order valence-corrected chi connectivity index (χ0v) is 13.8. The van der Waals surface area contributed by atoms with Crippen LogP contribution in [-0.2, 0) is 0 Å². The van der Waals surface area contributed by atoms with Gasteiger partial charge in [-0.2, -0.15) is 0 Å². The molecule has 0 radical (unpaired) electrons. The molecular formula is C20H16O2S. The topological polar surface area (TPSA) is 34.1 Å². The summed E-state index contributed by atoms with van der Waals surface area (Å²) in [5.74, 6) is -0.0305. The van der Waals surface area contributed by atoms with E-state index in [0.717, 1.165) is 22.3 Å². The Morgan fingerprint density at radius 1 is 0.652 bits per heavy atom. The highest BCUT2D eigenvalue weighted by atomic mass is 32.1. The molecule has 0 bridgehead atoms. The number of benzene rings is 2. The molecule has 0 spiro atoms. The normalized spacial score (nSPS) is 10.5. The summed E-state index contributed by atoms with van der Waals surface area (Å²) >= 11 is 1.29. The van der Waals surface area contributed by atoms with E-state index in [2.05, 4.69) is 0 Å². The Kier molecular flexibility index (Phi) is 4.22. The van der Waals surface area contributed by atoms with Crippen LogP contribution in [0.25, 0.3) is 22.3 Å². The van der Waals surface area contributed by atoms with E-state index in [1.165, 1.54) is 11.3 Å². The van der Waals surface area contributed by atoms with Gasteiger partial charge in [-0.15, -0.1) is 11.3 Å². The maximum absolute atomic E-state index is 12.2. The average Bonchev–Trinajstić information content (AvgIpc) is 2.97. The average molecular weight is 320 g/mol. The molecule has 0 atom stereocenters. The molecule has 2 nitrogen and oxygen atoms in total. The van der Waals surface area contributed by atoms with Gasteiger partial charge in [0.15, 0.2) is 11.6 Å². The molecule has 3 aromatic rings. The van der Waals surface area contributed by atoms with Crippen molar-refractivity contribution in [1.29, 1.82) is 0 Å². The monoisotopic (exact) mass is 320 g/mol. The molecule has 0 fully saturated rings. The van der Waals surface area contributed by atoms with Crippen molar-refractivity contribution in [2.24, 2.45) is 0 Å². The maximum Gasteiger partial charge on any atom is 0.170 e. The van der Waals surface area contributed by atoms with E-state index in [1.807, 2.05) is 60.7 Å². The lowest BCUT2D eigenvalue weighted by Gasteiger charge is -2.08. The first-order chi connectivity index (χ1) is 11.1. The van der Waals surface area contributed by atoms with Gasteiger partial charge in [-0.05, 0) is 25.0 Å². The molecule has 0 saturated carbocycles. The molecular weight excluding hydrogens is 304 g/mol. The zero-order chi connectivity index (χ0) is 16.4. The lowest BCUT2D eigenvalue weighted by atomic mass is 9.93. The third-order valence-electron chi connectivity index (χ3n) is 3.67. The summed E-state index contributed by atoms with van der Waals surface area (Å²) in [5.41, 5.74) is 3.64. The van der Waals surface area contributed by atoms with Crippen molar-refractivity contribution in [2.75, 3.05) is 0 Å². The quantitative estimate of drug-likeness (QED) is 0.596. The summed E-state index contributed by atoms with van der Waals surface area (Å²) in [4.78, 5) is 25.6. The van der Waals surface area contributed by atoms with Crippen molar-refractivity contribution >= 4 is 22.9 Å². The number of hydrogen-bond acceptors (Lipinski definition) is 3. The summed E-state index contributed by atoms with van der Waals surface area (Å²) in [6, 6.07) is 19.6. The van der Waals surface area contributed by atoms with Gasteiger partial charge < -0.3 is 0 Å². The third kappa shape index (κ3) is 2.88. The Labute approximate surface area is 139 Å². The molecule has 0 aliphatic rings. The second-order valence-electron chi connectivity index (χ2n) is 5.35. The van der Waals surface area contributed by atoms with Crippen LogP contribution in [0.4, 0.5) is 0 Å². The summed E-state index contributed by atoms with van der Waals surface area (Å²) in [5, 5.41) is 0. The summed E-state index contributed by atoms with van der Waals surface area (Å²) in [7, 11) is 0. The van der Waals surface area contributed by atoms with Crippen molar-refractivity contribution in [1.82, 2.24) is 0 Å². The minimum Gasteiger partial charge on any atom is -0.294 e. The minimum atomic E-state index is -0.0152. The van der Waals surface area contributed by atoms with Gasteiger partial charge in [0.2, 0.25) is 0 Å². The van der Waals surface area contributed by atoms with Gasteiger partial charge in [-0.1, -0.05) is 60.7 Å². The number of carbonyl (C=O) groups is 2. The Morgan fingerprint density at radius 2 is 1.00 bits per heavy atom. The summed E-state index contributed by atoms with van der Waals surface area (Å²) in [6.07, 6.45) is 0. The van der Waals surface area contributed by atoms with Crippen molar-refractivity contribution < 1.29 is 9.59 Å². The highest BCUT2D eigenvalue weighted by molar-refractivity contribution is 7.17. The van der Waals surface area contributed by atoms with E-state index < -0.39 is 0 Å². The molecule has 23 heavy (non-hydrogen) atoms. The molecule has 0 saturated heterocycles. The van der Waals surface area contributed by atoms with Crippen LogP contribution in [0, 0.1) is 0 Å². The molecule has 3 rings (SSSR count). The minimum absolute atomic E-state index is 0.0152. The number of Topliss-reactive ketones (excluding diaryl/α,β-unsaturated/α-hetero) is 2. The molecule has 0 unspecified atom stereocenters. The standard InChI is InChI=1S/C20H16O2S/c1-13(21)19-17(15-9-5-3-6-10-15)18(20(23-19)14(2)22)16-11-7-4-8-12-16/h3-12H,1-2H3. The second-order valence-corrected chi connectivity index (χ2v) is 6.38. The zero-order valence-electron chi connectivity index (χ0n) is 13.0. The number of carbonyl (C=O) groups excluding carboxylic acids is 2. The van der Waals surface area contributed by atoms with Gasteiger partial charge in [-0.3, -0.25) is 9.59 Å². The smallest absolute Gasteiger partial charge is 0.170 e. The number of thiophene rings is 1. The van der Waals surface area contributed by atoms with Crippen LogP contribution in [0.5, 0.6) is 0 Å². The van der Waals surface area contributed by atoms with Crippen LogP contribution in [-0.4, -0.2) is 11.6 Å². The number of ketones is 2. The van der Waals surface area contributed by atoms with Crippen LogP contribution in [0.1, 0.15) is 33.2 Å². The van der Waals surface area contributed by atoms with Gasteiger partial charge in [0.05, 0.1) is 9.75 Å². The fraction of sp³-hybridized carbons (Fsp3) is 0.100. The Bertz CT molecular complexity index is 789. The summed E-state index contributed by atoms with van der Waals surface area (Å²) < 4.78 is 0. The third-order valence-corrected chi connectivity index (χ3v) is 5.06. The molecule has 3 heteroatoms. The van der Waals surface area contributed by atoms with Crippen molar-refractivity contribution in [3.8, 4) is 22.3 Å². The van der Waals surface area contributed by atoms with Gasteiger partial charge in [0.25, 0.3) is 0 Å². The van der Waals surface area contributed by atoms with Crippen molar-refractivity contribution in [3.05, 3.63) is 70.4 Å². The van der Waals surface area contributed by atoms with E-state index in [-0.39, 0.29) is 11.6 Å². The van der Waals surface area contributed by atoms with E-state index in [0.29, 0.717) is 9.75 Å². The Hall–Kier alpha value is -2.52. The molecule has 0 aliphatic heterocycles. The number of hydrogen-bond donors (Lipinski definition) is 0. The van der Waals surface area contributed by atoms with Crippen LogP contribution < -0.4 is 0 Å². The van der Waals surface area contributed by atoms with Crippen LogP contribution in [0.3, 0.4) is 0 Å². The molecule has 2 aromatic carbocycles. The predicted octanol–water partition coefficient (Wildman–Crippen LogP) is 5.49. The molecule has 0 amide bonds. The fourth-order valence-corrected chi connectivity index (χ4v) is 3.82. The van der Waals surface area contributed by atoms with Gasteiger partial charge >= 0.3 is 0 Å². The molecule has 1 heterocycles. The molecule has 1 aromatic heterocycles. The lowest BCUT2D eigenvalue weighted by molar-refractivity contribution is 0.101. The van der Waals surface area contributed by atoms with E-state index in [9.17, 15) is 9.59 Å². The Morgan fingerprint density at radius 3 is 1.30 bits per heavy atom. The first-order valence-electron chi connectivity index (χ1n) is 7.39. The summed E-state index contributed by atoms with van der Waals surface area (Å²) in [6.45, 7) is 3.11. The first-order valence-corrected chi connectivity index (χ1v) is 8.20. The van der Waals surface area contributed by atoms with Crippen LogP contribution in [0.15, 0.2) is 60.7 Å². The molecule has 0 aliphatic carbocycles. The van der Waals surface area contributed by atoms with Crippen molar-refractivity contribution in [3.63, 3.8) is 0 Å². The van der Waals surface area contributed by atoms with Crippen molar-refractivity contribution in [2.45, 2.75) is 13.8 Å². The van der Waals surface area contributed by atoms with E-state index >= 15 is 0 Å². The largest absolute Gasteiger partial charge is 0.294 e. The van der Waals surface area contributed by atoms with Crippen LogP contribution in [0.2, 0.25) is 0 Å². The second kappa shape index (κ2) is 6.31. The molecule has 0 N–H and O–H groups in total. The number of rotatable bonds is 4. The lowest BCUT2D eigenvalue weighted by Crippen LogP contribution is -1.93. The van der Waals surface area contributed by atoms with Gasteiger partial charge in [0, 0.05) is 11.1 Å². The fourth-order valence-electron chi connectivity index (χ4n) is 2.69. The highest BCUT2D eigenvalue weighted by Crippen LogP contribution is 2.43. The molecule has 114 valence electrons. The van der Waals surface area contributed by atoms with E-state index in [4.69, 9.17) is 0 Å². The van der Waals surface area contributed by atoms with Crippen LogP contribution >= 0.6 is 11.3 Å². The van der Waals surface area contributed by atoms with Gasteiger partial charge in [-0.25, -0.2) is 0 Å². The Balaban J connectivity index is 2.40. The maximum atomic E-state index is 12.2. The SMILES string of the molecule is CC(=O)c1sc(C(C)=O)c(-c2ccccc2)c1-c1ccccc1. The predicted molar refractivity (Wildman–Crippen MR) is 95.2 cm³/mol. The van der Waals surface area contributed by atoms with E-state index in [1.54, 1.807) is 13.8 Å².